The molecule has 0 aromatic carbocycles. The summed E-state index contributed by atoms with van der Waals surface area (Å²) in [5, 5.41) is 12.4. The number of nitrogens with one attached hydrogen (secondary N) is 1. The van der Waals surface area contributed by atoms with Gasteiger partial charge in [-0.3, -0.25) is 10.1 Å². The van der Waals surface area contributed by atoms with Gasteiger partial charge in [-0.05, 0) is 44.6 Å². The fourth-order valence-corrected chi connectivity index (χ4v) is 6.27. The Morgan fingerprint density at radius 2 is 1.85 bits per heavy atom. The summed E-state index contributed by atoms with van der Waals surface area (Å²) in [5.41, 5.74) is 0. The average Bonchev–Trinajstić information content (AvgIpc) is 3.27. The average molecular weight is 491 g/mol. The third-order valence-corrected chi connectivity index (χ3v) is 8.29. The van der Waals surface area contributed by atoms with Crippen molar-refractivity contribution in [3.05, 3.63) is 30.6 Å². The Kier molecular flexibility index (Phi) is 8.44. The summed E-state index contributed by atoms with van der Waals surface area (Å²) in [6.45, 7) is 0. The van der Waals surface area contributed by atoms with E-state index in [1.54, 1.807) is 12.4 Å². The van der Waals surface area contributed by atoms with Crippen molar-refractivity contribution >= 4 is 40.2 Å². The lowest BCUT2D eigenvalue weighted by Crippen LogP contribution is -2.51. The summed E-state index contributed by atoms with van der Waals surface area (Å²) in [6.07, 6.45) is 12.7. The van der Waals surface area contributed by atoms with Crippen molar-refractivity contribution in [1.29, 1.82) is 0 Å². The number of carbonyl (C=O) groups excluding carboxylic acids is 1. The van der Waals surface area contributed by atoms with Crippen LogP contribution in [0.25, 0.3) is 0 Å². The Morgan fingerprint density at radius 3 is 2.55 bits per heavy atom. The molecule has 4 rings (SSSR count). The highest BCUT2D eigenvalue weighted by Gasteiger charge is 2.35. The van der Waals surface area contributed by atoms with Crippen molar-refractivity contribution in [3.8, 4) is 5.88 Å². The van der Waals surface area contributed by atoms with Crippen LogP contribution in [0.2, 0.25) is 0 Å². The van der Waals surface area contributed by atoms with Crippen molar-refractivity contribution in [3.63, 3.8) is 0 Å². The number of nitrogens with zero attached hydrogens (tertiary/aromatic N) is 3. The van der Waals surface area contributed by atoms with Crippen LogP contribution >= 0.6 is 23.1 Å². The van der Waals surface area contributed by atoms with Crippen LogP contribution in [0.5, 0.6) is 5.88 Å². The summed E-state index contributed by atoms with van der Waals surface area (Å²) >= 11 is 2.53. The van der Waals surface area contributed by atoms with E-state index in [0.29, 0.717) is 11.0 Å². The second-order valence-corrected chi connectivity index (χ2v) is 10.8. The molecule has 2 aromatic heterocycles. The molecule has 0 spiro atoms. The third-order valence-electron chi connectivity index (χ3n) is 6.20. The number of carbonyl (C=O) groups is 2. The number of thioether (sulfide) groups is 1. The number of carboxylic acids is 1. The minimum atomic E-state index is -0.870. The monoisotopic (exact) mass is 490 g/mol. The van der Waals surface area contributed by atoms with E-state index in [9.17, 15) is 9.59 Å². The molecule has 0 radical (unpaired) electrons. The Hall–Kier alpha value is -2.33. The second-order valence-electron chi connectivity index (χ2n) is 8.51. The van der Waals surface area contributed by atoms with Crippen molar-refractivity contribution < 1.29 is 19.4 Å². The predicted molar refractivity (Wildman–Crippen MR) is 129 cm³/mol. The van der Waals surface area contributed by atoms with E-state index in [1.165, 1.54) is 29.5 Å². The summed E-state index contributed by atoms with van der Waals surface area (Å²) in [4.78, 5) is 34.8. The van der Waals surface area contributed by atoms with Gasteiger partial charge in [-0.25, -0.2) is 14.8 Å². The number of aromatic nitrogens is 2. The molecule has 2 aromatic rings. The van der Waals surface area contributed by atoms with E-state index in [4.69, 9.17) is 9.84 Å². The van der Waals surface area contributed by atoms with Crippen molar-refractivity contribution in [1.82, 2.24) is 14.9 Å². The number of urea groups is 1. The van der Waals surface area contributed by atoms with Gasteiger partial charge in [0.05, 0.1) is 16.2 Å². The van der Waals surface area contributed by atoms with Gasteiger partial charge < -0.3 is 14.7 Å². The minimum Gasteiger partial charge on any atom is -0.481 e. The van der Waals surface area contributed by atoms with E-state index in [-0.39, 0.29) is 30.0 Å². The molecule has 2 amide bonds. The van der Waals surface area contributed by atoms with E-state index < -0.39 is 5.97 Å². The van der Waals surface area contributed by atoms with Gasteiger partial charge in [0.15, 0.2) is 5.13 Å². The van der Waals surface area contributed by atoms with Gasteiger partial charge in [-0.15, -0.1) is 11.8 Å². The minimum absolute atomic E-state index is 0.0202. The van der Waals surface area contributed by atoms with Crippen LogP contribution in [0, 0.1) is 0 Å². The second kappa shape index (κ2) is 11.7. The number of hydrogen-bond donors (Lipinski definition) is 2. The van der Waals surface area contributed by atoms with Gasteiger partial charge in [-0.2, -0.15) is 0 Å². The molecule has 0 atom stereocenters. The number of carboxylic acid groups (broad SMARTS) is 1. The summed E-state index contributed by atoms with van der Waals surface area (Å²) in [6, 6.07) is 6.01. The van der Waals surface area contributed by atoms with Gasteiger partial charge in [0, 0.05) is 24.3 Å². The number of anilines is 1. The highest BCUT2D eigenvalue weighted by molar-refractivity contribution is 8.01. The first kappa shape index (κ1) is 23.8. The summed E-state index contributed by atoms with van der Waals surface area (Å²) < 4.78 is 6.83. The third kappa shape index (κ3) is 6.83. The van der Waals surface area contributed by atoms with Gasteiger partial charge in [0.1, 0.15) is 6.10 Å². The lowest BCUT2D eigenvalue weighted by Gasteiger charge is -2.42. The Labute approximate surface area is 202 Å². The van der Waals surface area contributed by atoms with Crippen molar-refractivity contribution in [2.45, 2.75) is 80.2 Å². The van der Waals surface area contributed by atoms with E-state index in [0.717, 1.165) is 55.6 Å². The Balaban J connectivity index is 1.38. The lowest BCUT2D eigenvalue weighted by atomic mass is 9.88. The predicted octanol–water partition coefficient (Wildman–Crippen LogP) is 5.27. The molecule has 2 fully saturated rings. The highest BCUT2D eigenvalue weighted by atomic mass is 32.2. The molecule has 2 heterocycles. The molecule has 33 heavy (non-hydrogen) atoms. The van der Waals surface area contributed by atoms with Crippen LogP contribution in [0.3, 0.4) is 0 Å². The maximum Gasteiger partial charge on any atom is 0.324 e. The summed E-state index contributed by atoms with van der Waals surface area (Å²) in [5.74, 6) is -0.235. The SMILES string of the molecule is O=C(O)CSc1cnc(NC(=O)N(C2CCCCC2)C2CCC(Oc3ccccn3)CC2)s1. The maximum atomic E-state index is 13.4. The maximum absolute atomic E-state index is 13.4. The summed E-state index contributed by atoms with van der Waals surface area (Å²) in [7, 11) is 0. The fraction of sp³-hybridized carbons (Fsp3) is 0.565. The molecule has 0 saturated heterocycles. The standard InChI is InChI=1S/C23H30N4O4S2/c28-20(29)15-32-21-14-25-22(33-21)26-23(30)27(16-6-2-1-3-7-16)17-9-11-18(12-10-17)31-19-8-4-5-13-24-19/h4-5,8,13-14,16-18H,1-3,6-7,9-12,15H2,(H,28,29)(H,25,26,30). The first-order chi connectivity index (χ1) is 16.1. The quantitative estimate of drug-likeness (QED) is 0.486. The van der Waals surface area contributed by atoms with E-state index >= 15 is 0 Å². The molecule has 8 nitrogen and oxygen atoms in total. The van der Waals surface area contributed by atoms with Gasteiger partial charge in [0.2, 0.25) is 5.88 Å². The number of amides is 2. The number of hydrogen-bond acceptors (Lipinski definition) is 7. The van der Waals surface area contributed by atoms with Crippen molar-refractivity contribution in [2.75, 3.05) is 11.1 Å². The molecule has 2 aliphatic carbocycles. The largest absolute Gasteiger partial charge is 0.481 e. The topological polar surface area (TPSA) is 105 Å². The molecule has 0 unspecified atom stereocenters. The molecular weight excluding hydrogens is 460 g/mol. The first-order valence-corrected chi connectivity index (χ1v) is 13.4. The molecule has 0 aliphatic heterocycles. The number of thiazole rings is 1. The first-order valence-electron chi connectivity index (χ1n) is 11.6. The van der Waals surface area contributed by atoms with E-state index in [2.05, 4.69) is 20.2 Å². The molecule has 2 aliphatic rings. The lowest BCUT2D eigenvalue weighted by molar-refractivity contribution is -0.133. The van der Waals surface area contributed by atoms with Crippen LogP contribution in [-0.2, 0) is 4.79 Å². The molecule has 2 saturated carbocycles. The fourth-order valence-electron chi connectivity index (χ4n) is 4.69. The normalized spacial score (nSPS) is 21.3. The number of pyridine rings is 1. The van der Waals surface area contributed by atoms with Gasteiger partial charge >= 0.3 is 12.0 Å². The number of rotatable bonds is 8. The van der Waals surface area contributed by atoms with Crippen LogP contribution in [0.1, 0.15) is 57.8 Å². The van der Waals surface area contributed by atoms with E-state index in [1.807, 2.05) is 18.2 Å². The zero-order valence-corrected chi connectivity index (χ0v) is 20.2. The van der Waals surface area contributed by atoms with Gasteiger partial charge in [-0.1, -0.05) is 36.7 Å². The number of aliphatic carboxylic acids is 1. The molecule has 178 valence electrons. The van der Waals surface area contributed by atoms with Gasteiger partial charge in [0.25, 0.3) is 0 Å². The highest BCUT2D eigenvalue weighted by Crippen LogP contribution is 2.33. The number of ether oxygens (including phenoxy) is 1. The Bertz CT molecular complexity index is 912. The zero-order valence-electron chi connectivity index (χ0n) is 18.5. The molecule has 10 heteroatoms. The van der Waals surface area contributed by atoms with Crippen LogP contribution in [0.15, 0.2) is 34.8 Å². The van der Waals surface area contributed by atoms with Crippen LogP contribution < -0.4 is 10.1 Å². The van der Waals surface area contributed by atoms with Crippen molar-refractivity contribution in [2.24, 2.45) is 0 Å². The zero-order chi connectivity index (χ0) is 23.0. The van der Waals surface area contributed by atoms with Crippen LogP contribution in [0.4, 0.5) is 9.93 Å². The Morgan fingerprint density at radius 1 is 1.09 bits per heavy atom. The smallest absolute Gasteiger partial charge is 0.324 e. The molecule has 0 bridgehead atoms. The molecular formula is C23H30N4O4S2. The molecule has 2 N–H and O–H groups in total. The van der Waals surface area contributed by atoms with Crippen LogP contribution in [-0.4, -0.2) is 55.9 Å².